The summed E-state index contributed by atoms with van der Waals surface area (Å²) >= 11 is -0.841. The van der Waals surface area contributed by atoms with Crippen LogP contribution in [0.25, 0.3) is 0 Å². The molecule has 4 aromatic rings. The first kappa shape index (κ1) is 26.6. The topological polar surface area (TPSA) is 93.6 Å². The van der Waals surface area contributed by atoms with Crippen molar-refractivity contribution in [1.82, 2.24) is 4.98 Å². The number of aryl methyl sites for hydroxylation is 1. The summed E-state index contributed by atoms with van der Waals surface area (Å²) in [7, 11) is 0. The quantitative estimate of drug-likeness (QED) is 0.188. The third-order valence-corrected chi connectivity index (χ3v) is 7.75. The number of aromatic nitrogens is 1. The first-order chi connectivity index (χ1) is 18.0. The van der Waals surface area contributed by atoms with Gasteiger partial charge in [-0.25, -0.2) is 0 Å². The van der Waals surface area contributed by atoms with Crippen molar-refractivity contribution in [3.05, 3.63) is 126 Å². The highest BCUT2D eigenvalue weighted by molar-refractivity contribution is 7.99. The fourth-order valence-corrected chi connectivity index (χ4v) is 5.81. The first-order valence-corrected chi connectivity index (χ1v) is 13.9. The number of carbonyl (C=O) groups is 1. The Bertz CT molecular complexity index is 1320. The van der Waals surface area contributed by atoms with Crippen LogP contribution in [0.4, 0.5) is 5.69 Å². The van der Waals surface area contributed by atoms with Crippen LogP contribution in [0.15, 0.2) is 108 Å². The molecule has 0 radical (unpaired) electrons. The number of pyridine rings is 1. The molecule has 190 valence electrons. The van der Waals surface area contributed by atoms with Crippen molar-refractivity contribution in [1.29, 1.82) is 0 Å². The van der Waals surface area contributed by atoms with Crippen LogP contribution in [0.2, 0.25) is 0 Å². The van der Waals surface area contributed by atoms with Gasteiger partial charge in [0, 0.05) is 28.1 Å². The minimum Gasteiger partial charge on any atom is -0.755 e. The first-order valence-electron chi connectivity index (χ1n) is 11.8. The van der Waals surface area contributed by atoms with Gasteiger partial charge in [0.2, 0.25) is 0 Å². The van der Waals surface area contributed by atoms with Crippen LogP contribution in [-0.2, 0) is 35.3 Å². The Labute approximate surface area is 223 Å². The zero-order chi connectivity index (χ0) is 26.0. The number of carboxylic acids is 1. The highest BCUT2D eigenvalue weighted by Gasteiger charge is 2.25. The van der Waals surface area contributed by atoms with E-state index in [4.69, 9.17) is 0 Å². The second kappa shape index (κ2) is 13.2. The molecule has 0 saturated heterocycles. The number of rotatable bonds is 12. The van der Waals surface area contributed by atoms with Gasteiger partial charge in [0.15, 0.2) is 0 Å². The lowest BCUT2D eigenvalue weighted by Gasteiger charge is -2.35. The van der Waals surface area contributed by atoms with Gasteiger partial charge in [-0.15, -0.1) is 11.8 Å². The van der Waals surface area contributed by atoms with Crippen LogP contribution in [0, 0.1) is 0 Å². The van der Waals surface area contributed by atoms with Gasteiger partial charge in [-0.3, -0.25) is 18.3 Å². The second-order valence-electron chi connectivity index (χ2n) is 8.47. The van der Waals surface area contributed by atoms with Crippen LogP contribution in [0.3, 0.4) is 0 Å². The van der Waals surface area contributed by atoms with E-state index in [0.29, 0.717) is 23.2 Å². The molecule has 6 nitrogen and oxygen atoms in total. The van der Waals surface area contributed by atoms with Gasteiger partial charge in [-0.1, -0.05) is 66.7 Å². The van der Waals surface area contributed by atoms with E-state index < -0.39 is 23.3 Å². The van der Waals surface area contributed by atoms with Crippen molar-refractivity contribution >= 4 is 34.7 Å². The van der Waals surface area contributed by atoms with Crippen molar-refractivity contribution < 1.29 is 18.7 Å². The number of nitrogens with zero attached hydrogens (tertiary/aromatic N) is 2. The maximum absolute atomic E-state index is 12.5. The van der Waals surface area contributed by atoms with Crippen molar-refractivity contribution in [2.45, 2.75) is 30.2 Å². The van der Waals surface area contributed by atoms with E-state index in [9.17, 15) is 18.7 Å². The third-order valence-electron chi connectivity index (χ3n) is 5.95. The van der Waals surface area contributed by atoms with Gasteiger partial charge in [0.05, 0.1) is 24.3 Å². The lowest BCUT2D eigenvalue weighted by atomic mass is 9.93. The number of benzene rings is 3. The molecule has 0 aliphatic carbocycles. The number of hydrogen-bond donors (Lipinski definition) is 1. The van der Waals surface area contributed by atoms with Crippen LogP contribution >= 0.6 is 11.8 Å². The van der Waals surface area contributed by atoms with Crippen LogP contribution in [-0.4, -0.2) is 30.6 Å². The summed E-state index contributed by atoms with van der Waals surface area (Å²) in [6, 6.07) is 28.3. The van der Waals surface area contributed by atoms with Gasteiger partial charge in [0.1, 0.15) is 0 Å². The van der Waals surface area contributed by atoms with E-state index in [0.717, 1.165) is 22.6 Å². The van der Waals surface area contributed by atoms with E-state index >= 15 is 0 Å². The predicted molar refractivity (Wildman–Crippen MR) is 147 cm³/mol. The van der Waals surface area contributed by atoms with E-state index in [-0.39, 0.29) is 6.42 Å². The Kier molecular flexibility index (Phi) is 9.48. The van der Waals surface area contributed by atoms with Gasteiger partial charge in [-0.2, -0.15) is 0 Å². The number of hydrogen-bond acceptors (Lipinski definition) is 5. The number of thioether (sulfide) groups is 1. The third kappa shape index (κ3) is 7.52. The summed E-state index contributed by atoms with van der Waals surface area (Å²) in [6.45, 7) is 0. The SMILES string of the molecule is O=C(O)Cc1ccccc1C(Cc1ccc(SCCc2ccccc2)cc1)N(c1cccnc1)S(=O)[O-]. The minimum atomic E-state index is -2.61. The van der Waals surface area contributed by atoms with Crippen molar-refractivity contribution in [3.63, 3.8) is 0 Å². The number of carboxylic acid groups (broad SMARTS) is 1. The molecule has 3 aromatic carbocycles. The Morgan fingerprint density at radius 2 is 1.68 bits per heavy atom. The average molecular weight is 532 g/mol. The Morgan fingerprint density at radius 1 is 0.946 bits per heavy atom. The standard InChI is InChI=1S/C29H28N2O4S2/c32-29(33)20-24-9-4-5-11-27(24)28(31(37(34)35)25-10-6-17-30-21-25)19-23-12-14-26(15-13-23)36-18-16-22-7-2-1-3-8-22/h1-15,17,21,28H,16,18-20H2,(H,32,33)(H,34,35)/p-1. The zero-order valence-corrected chi connectivity index (χ0v) is 21.7. The number of aliphatic carboxylic acids is 1. The predicted octanol–water partition coefficient (Wildman–Crippen LogP) is 5.63. The molecule has 0 aliphatic heterocycles. The summed E-state index contributed by atoms with van der Waals surface area (Å²) in [5, 5.41) is 9.45. The maximum Gasteiger partial charge on any atom is 0.307 e. The monoisotopic (exact) mass is 531 g/mol. The molecule has 2 atom stereocenters. The molecular formula is C29H27N2O4S2-. The minimum absolute atomic E-state index is 0.198. The smallest absolute Gasteiger partial charge is 0.307 e. The second-order valence-corrected chi connectivity index (χ2v) is 10.5. The number of anilines is 1. The molecule has 37 heavy (non-hydrogen) atoms. The molecule has 1 N–H and O–H groups in total. The highest BCUT2D eigenvalue weighted by atomic mass is 32.2. The van der Waals surface area contributed by atoms with Gasteiger partial charge in [-0.05, 0) is 59.4 Å². The molecule has 1 heterocycles. The molecule has 0 spiro atoms. The Balaban J connectivity index is 1.59. The van der Waals surface area contributed by atoms with Crippen molar-refractivity contribution in [3.8, 4) is 0 Å². The van der Waals surface area contributed by atoms with Crippen molar-refractivity contribution in [2.24, 2.45) is 0 Å². The van der Waals surface area contributed by atoms with E-state index in [2.05, 4.69) is 17.1 Å². The zero-order valence-electron chi connectivity index (χ0n) is 20.1. The molecule has 0 saturated carbocycles. The fraction of sp³-hybridized carbons (Fsp3) is 0.172. The van der Waals surface area contributed by atoms with Gasteiger partial charge >= 0.3 is 5.97 Å². The molecule has 0 aliphatic rings. The summed E-state index contributed by atoms with van der Waals surface area (Å²) in [4.78, 5) is 16.8. The average Bonchev–Trinajstić information content (AvgIpc) is 2.90. The van der Waals surface area contributed by atoms with E-state index in [1.165, 1.54) is 16.1 Å². The fourth-order valence-electron chi connectivity index (χ4n) is 4.23. The van der Waals surface area contributed by atoms with Gasteiger partial charge in [0.25, 0.3) is 0 Å². The molecule has 8 heteroatoms. The summed E-state index contributed by atoms with van der Waals surface area (Å²) in [5.41, 5.74) is 3.89. The van der Waals surface area contributed by atoms with Gasteiger partial charge < -0.3 is 9.66 Å². The molecule has 0 bridgehead atoms. The van der Waals surface area contributed by atoms with E-state index in [1.54, 1.807) is 54.4 Å². The molecular weight excluding hydrogens is 504 g/mol. The summed E-state index contributed by atoms with van der Waals surface area (Å²) < 4.78 is 26.3. The van der Waals surface area contributed by atoms with E-state index in [1.807, 2.05) is 42.5 Å². The molecule has 0 fully saturated rings. The Hall–Kier alpha value is -3.46. The normalized spacial score (nSPS) is 12.6. The van der Waals surface area contributed by atoms with Crippen LogP contribution in [0.1, 0.15) is 28.3 Å². The lowest BCUT2D eigenvalue weighted by Crippen LogP contribution is -2.33. The maximum atomic E-state index is 12.5. The molecule has 1 aromatic heterocycles. The molecule has 4 rings (SSSR count). The lowest BCUT2D eigenvalue weighted by molar-refractivity contribution is -0.136. The highest BCUT2D eigenvalue weighted by Crippen LogP contribution is 2.33. The molecule has 2 unspecified atom stereocenters. The van der Waals surface area contributed by atoms with Crippen LogP contribution in [0.5, 0.6) is 0 Å². The van der Waals surface area contributed by atoms with Crippen molar-refractivity contribution in [2.75, 3.05) is 10.1 Å². The largest absolute Gasteiger partial charge is 0.755 e. The Morgan fingerprint density at radius 3 is 2.35 bits per heavy atom. The molecule has 0 amide bonds. The summed E-state index contributed by atoms with van der Waals surface area (Å²) in [6.07, 6.45) is 4.22. The summed E-state index contributed by atoms with van der Waals surface area (Å²) in [5.74, 6) is -0.0161. The van der Waals surface area contributed by atoms with Crippen LogP contribution < -0.4 is 4.31 Å².